The van der Waals surface area contributed by atoms with E-state index >= 15 is 0 Å². The minimum Gasteiger partial charge on any atom is -0.396 e. The van der Waals surface area contributed by atoms with E-state index in [-0.39, 0.29) is 46.3 Å². The van der Waals surface area contributed by atoms with Crippen molar-refractivity contribution in [1.29, 1.82) is 0 Å². The Morgan fingerprint density at radius 3 is 2.35 bits per heavy atom. The second kappa shape index (κ2) is 5.40. The van der Waals surface area contributed by atoms with Crippen molar-refractivity contribution in [2.45, 2.75) is 6.42 Å². The number of benzene rings is 1. The van der Waals surface area contributed by atoms with Crippen LogP contribution in [0.15, 0.2) is 12.1 Å². The molecule has 1 fully saturated rings. The number of halogens is 2. The van der Waals surface area contributed by atoms with E-state index < -0.39 is 10.0 Å². The minimum absolute atomic E-state index is 0.121. The average molecular weight is 338 g/mol. The van der Waals surface area contributed by atoms with Crippen LogP contribution < -0.4 is 15.8 Å². The molecule has 1 aliphatic rings. The second-order valence-corrected chi connectivity index (χ2v) is 7.20. The third-order valence-electron chi connectivity index (χ3n) is 3.05. The van der Waals surface area contributed by atoms with E-state index in [0.29, 0.717) is 5.69 Å². The molecule has 0 aromatic heterocycles. The van der Waals surface area contributed by atoms with Crippen LogP contribution in [0.2, 0.25) is 10.0 Å². The van der Waals surface area contributed by atoms with Crippen LogP contribution in [0.1, 0.15) is 6.42 Å². The minimum atomic E-state index is -3.61. The first-order valence-corrected chi connectivity index (χ1v) is 8.20. The summed E-state index contributed by atoms with van der Waals surface area (Å²) in [6.45, 7) is 0.256. The monoisotopic (exact) mass is 337 g/mol. The number of anilines is 2. The van der Waals surface area contributed by atoms with Crippen molar-refractivity contribution in [3.05, 3.63) is 22.2 Å². The summed E-state index contributed by atoms with van der Waals surface area (Å²) in [6, 6.07) is 3.06. The second-order valence-electron chi connectivity index (χ2n) is 4.73. The van der Waals surface area contributed by atoms with Gasteiger partial charge in [0.2, 0.25) is 15.9 Å². The number of carbonyl (C=O) groups is 1. The van der Waals surface area contributed by atoms with Gasteiger partial charge < -0.3 is 10.6 Å². The maximum atomic E-state index is 12.0. The first kappa shape index (κ1) is 15.4. The van der Waals surface area contributed by atoms with Crippen molar-refractivity contribution in [2.24, 2.45) is 11.1 Å². The molecule has 2 rings (SSSR count). The average Bonchev–Trinajstić information content (AvgIpc) is 2.63. The van der Waals surface area contributed by atoms with Crippen LogP contribution in [0.4, 0.5) is 11.4 Å². The van der Waals surface area contributed by atoms with E-state index in [1.165, 1.54) is 17.0 Å². The van der Waals surface area contributed by atoms with Gasteiger partial charge in [0.15, 0.2) is 0 Å². The van der Waals surface area contributed by atoms with Crippen LogP contribution in [0.3, 0.4) is 0 Å². The number of rotatable bonds is 3. The van der Waals surface area contributed by atoms with Crippen LogP contribution in [-0.4, -0.2) is 26.6 Å². The Labute approximate surface area is 126 Å². The molecule has 0 aliphatic carbocycles. The molecule has 1 saturated heterocycles. The zero-order chi connectivity index (χ0) is 15.1. The first-order valence-electron chi connectivity index (χ1n) is 5.72. The molecule has 1 amide bonds. The van der Waals surface area contributed by atoms with Gasteiger partial charge in [0, 0.05) is 24.6 Å². The summed E-state index contributed by atoms with van der Waals surface area (Å²) in [5.74, 6) is -0.769. The number of hydrogen-bond acceptors (Lipinski definition) is 4. The van der Waals surface area contributed by atoms with Crippen molar-refractivity contribution in [1.82, 2.24) is 0 Å². The summed E-state index contributed by atoms with van der Waals surface area (Å²) >= 11 is 11.8. The van der Waals surface area contributed by atoms with Crippen LogP contribution in [0.25, 0.3) is 0 Å². The van der Waals surface area contributed by atoms with Crippen molar-refractivity contribution in [2.75, 3.05) is 22.9 Å². The molecule has 6 nitrogen and oxygen atoms in total. The summed E-state index contributed by atoms with van der Waals surface area (Å²) in [7, 11) is -3.61. The van der Waals surface area contributed by atoms with Crippen LogP contribution in [0, 0.1) is 5.92 Å². The maximum Gasteiger partial charge on any atom is 0.227 e. The number of sulfonamides is 1. The molecule has 0 bridgehead atoms. The molecule has 0 radical (unpaired) electrons. The lowest BCUT2D eigenvalue weighted by atomic mass is 10.1. The van der Waals surface area contributed by atoms with Gasteiger partial charge >= 0.3 is 0 Å². The van der Waals surface area contributed by atoms with Gasteiger partial charge in [-0.2, -0.15) is 0 Å². The molecule has 1 heterocycles. The number of nitrogen functional groups attached to an aromatic ring is 1. The normalized spacial score (nSPS) is 19.6. The smallest absolute Gasteiger partial charge is 0.227 e. The van der Waals surface area contributed by atoms with E-state index in [1.807, 2.05) is 0 Å². The lowest BCUT2D eigenvalue weighted by Gasteiger charge is -2.18. The fourth-order valence-corrected chi connectivity index (χ4v) is 3.55. The van der Waals surface area contributed by atoms with E-state index in [0.717, 1.165) is 0 Å². The van der Waals surface area contributed by atoms with E-state index in [2.05, 4.69) is 0 Å². The zero-order valence-corrected chi connectivity index (χ0v) is 12.7. The summed E-state index contributed by atoms with van der Waals surface area (Å²) in [4.78, 5) is 13.4. The third-order valence-corrected chi connectivity index (χ3v) is 4.61. The number of primary sulfonamides is 1. The number of hydrogen-bond donors (Lipinski definition) is 2. The Kier molecular flexibility index (Phi) is 4.15. The van der Waals surface area contributed by atoms with Crippen molar-refractivity contribution in [3.63, 3.8) is 0 Å². The molecule has 0 saturated carbocycles. The number of amides is 1. The Morgan fingerprint density at radius 2 is 1.85 bits per heavy atom. The highest BCUT2D eigenvalue weighted by Crippen LogP contribution is 2.35. The third kappa shape index (κ3) is 3.35. The van der Waals surface area contributed by atoms with Gasteiger partial charge in [-0.25, -0.2) is 13.6 Å². The molecule has 9 heteroatoms. The first-order chi connectivity index (χ1) is 9.17. The highest BCUT2D eigenvalue weighted by Gasteiger charge is 2.33. The Morgan fingerprint density at radius 1 is 1.30 bits per heavy atom. The van der Waals surface area contributed by atoms with Crippen molar-refractivity contribution < 1.29 is 13.2 Å². The van der Waals surface area contributed by atoms with Gasteiger partial charge in [0.05, 0.1) is 21.5 Å². The van der Waals surface area contributed by atoms with Crippen LogP contribution >= 0.6 is 23.2 Å². The Balaban J connectivity index is 2.24. The zero-order valence-electron chi connectivity index (χ0n) is 10.3. The summed E-state index contributed by atoms with van der Waals surface area (Å²) in [6.07, 6.45) is 0.121. The quantitative estimate of drug-likeness (QED) is 0.808. The van der Waals surface area contributed by atoms with Gasteiger partial charge in [-0.3, -0.25) is 4.79 Å². The fourth-order valence-electron chi connectivity index (χ4n) is 2.20. The number of carbonyl (C=O) groups excluding carboxylic acids is 1. The van der Waals surface area contributed by atoms with E-state index in [9.17, 15) is 13.2 Å². The predicted octanol–water partition coefficient (Wildman–Crippen LogP) is 1.22. The van der Waals surface area contributed by atoms with Crippen molar-refractivity contribution >= 4 is 50.5 Å². The molecule has 110 valence electrons. The molecule has 1 aromatic carbocycles. The highest BCUT2D eigenvalue weighted by molar-refractivity contribution is 7.89. The molecule has 1 aliphatic heterocycles. The molecular formula is C11H13Cl2N3O3S. The van der Waals surface area contributed by atoms with Crippen LogP contribution in [-0.2, 0) is 14.8 Å². The lowest BCUT2D eigenvalue weighted by Crippen LogP contribution is -2.27. The molecule has 20 heavy (non-hydrogen) atoms. The molecular weight excluding hydrogens is 325 g/mol. The summed E-state index contributed by atoms with van der Waals surface area (Å²) in [5, 5.41) is 5.49. The maximum absolute atomic E-state index is 12.0. The van der Waals surface area contributed by atoms with Gasteiger partial charge in [-0.1, -0.05) is 23.2 Å². The predicted molar refractivity (Wildman–Crippen MR) is 79.3 cm³/mol. The largest absolute Gasteiger partial charge is 0.396 e. The van der Waals surface area contributed by atoms with Gasteiger partial charge in [-0.15, -0.1) is 0 Å². The topological polar surface area (TPSA) is 106 Å². The molecule has 1 atom stereocenters. The van der Waals surface area contributed by atoms with Crippen molar-refractivity contribution in [3.8, 4) is 0 Å². The summed E-state index contributed by atoms with van der Waals surface area (Å²) < 4.78 is 22.2. The van der Waals surface area contributed by atoms with E-state index in [4.69, 9.17) is 34.1 Å². The molecule has 4 N–H and O–H groups in total. The van der Waals surface area contributed by atoms with Crippen LogP contribution in [0.5, 0.6) is 0 Å². The Bertz CT molecular complexity index is 640. The molecule has 1 unspecified atom stereocenters. The molecule has 1 aromatic rings. The van der Waals surface area contributed by atoms with Gasteiger partial charge in [0.1, 0.15) is 0 Å². The fraction of sp³-hybridized carbons (Fsp3) is 0.364. The Hall–Kier alpha value is -1.02. The van der Waals surface area contributed by atoms with E-state index in [1.54, 1.807) is 0 Å². The van der Waals surface area contributed by atoms with Gasteiger partial charge in [0.25, 0.3) is 0 Å². The van der Waals surface area contributed by atoms with Gasteiger partial charge in [-0.05, 0) is 12.1 Å². The highest BCUT2D eigenvalue weighted by atomic mass is 35.5. The SMILES string of the molecule is Nc1c(Cl)cc(N2CC(CS(N)(=O)=O)CC2=O)cc1Cl. The number of nitrogens with two attached hydrogens (primary N) is 2. The lowest BCUT2D eigenvalue weighted by molar-refractivity contribution is -0.117. The summed E-state index contributed by atoms with van der Waals surface area (Å²) in [5.41, 5.74) is 6.37. The number of nitrogens with zero attached hydrogens (tertiary/aromatic N) is 1. The molecule has 0 spiro atoms. The standard InChI is InChI=1S/C11H13Cl2N3O3S/c12-8-2-7(3-9(13)11(8)14)16-4-6(1-10(16)17)5-20(15,18)19/h2-3,6H,1,4-5,14H2,(H2,15,18,19).